The summed E-state index contributed by atoms with van der Waals surface area (Å²) in [6.07, 6.45) is 5.89. The molecular weight excluding hydrogens is 192 g/mol. The molecule has 0 bridgehead atoms. The molecule has 0 saturated carbocycles. The van der Waals surface area contributed by atoms with Gasteiger partial charge in [-0.05, 0) is 19.3 Å². The summed E-state index contributed by atoms with van der Waals surface area (Å²) in [5.74, 6) is -0.200. The summed E-state index contributed by atoms with van der Waals surface area (Å²) >= 11 is 0. The van der Waals surface area contributed by atoms with Crippen LogP contribution in [0, 0.1) is 5.92 Å². The van der Waals surface area contributed by atoms with Crippen molar-refractivity contribution in [3.63, 3.8) is 0 Å². The van der Waals surface area contributed by atoms with Gasteiger partial charge in [-0.2, -0.15) is 4.89 Å². The smallest absolute Gasteiger partial charge is 0.298 e. The molecule has 0 aliphatic heterocycles. The maximum absolute atomic E-state index is 11.5. The minimum Gasteiger partial charge on any atom is -0.298 e. The number of carbonyl (C=O) groups is 1. The minimum absolute atomic E-state index is 0.00609. The predicted octanol–water partition coefficient (Wildman–Crippen LogP) is 3.48. The predicted molar refractivity (Wildman–Crippen MR) is 60.3 cm³/mol. The molecule has 0 aliphatic rings. The van der Waals surface area contributed by atoms with E-state index >= 15 is 0 Å². The van der Waals surface area contributed by atoms with Crippen LogP contribution >= 0.6 is 0 Å². The Labute approximate surface area is 93.1 Å². The van der Waals surface area contributed by atoms with Crippen LogP contribution in [0.25, 0.3) is 0 Å². The van der Waals surface area contributed by atoms with E-state index in [1.807, 2.05) is 6.92 Å². The van der Waals surface area contributed by atoms with E-state index in [9.17, 15) is 4.79 Å². The van der Waals surface area contributed by atoms with Gasteiger partial charge in [-0.15, -0.1) is 0 Å². The topological polar surface area (TPSA) is 35.5 Å². The third kappa shape index (κ3) is 7.37. The van der Waals surface area contributed by atoms with Crippen molar-refractivity contribution >= 4 is 5.97 Å². The summed E-state index contributed by atoms with van der Waals surface area (Å²) in [5.41, 5.74) is 0. The fourth-order valence-electron chi connectivity index (χ4n) is 1.31. The zero-order chi connectivity index (χ0) is 11.5. The molecule has 0 fully saturated rings. The van der Waals surface area contributed by atoms with Crippen molar-refractivity contribution in [2.45, 2.75) is 59.3 Å². The first-order valence-electron chi connectivity index (χ1n) is 6.09. The first-order chi connectivity index (χ1) is 7.26. The van der Waals surface area contributed by atoms with Gasteiger partial charge in [0.2, 0.25) is 0 Å². The minimum atomic E-state index is -0.206. The zero-order valence-electron chi connectivity index (χ0n) is 10.3. The van der Waals surface area contributed by atoms with E-state index in [0.717, 1.165) is 38.5 Å². The van der Waals surface area contributed by atoms with Crippen LogP contribution in [0.2, 0.25) is 0 Å². The second-order valence-electron chi connectivity index (χ2n) is 3.83. The average Bonchev–Trinajstić information content (AvgIpc) is 2.25. The van der Waals surface area contributed by atoms with E-state index in [0.29, 0.717) is 6.61 Å². The quantitative estimate of drug-likeness (QED) is 0.336. The average molecular weight is 216 g/mol. The highest BCUT2D eigenvalue weighted by atomic mass is 17.2. The number of carbonyl (C=O) groups excluding carboxylic acids is 1. The second-order valence-corrected chi connectivity index (χ2v) is 3.83. The van der Waals surface area contributed by atoms with Gasteiger partial charge < -0.3 is 0 Å². The van der Waals surface area contributed by atoms with Gasteiger partial charge in [0.1, 0.15) is 0 Å². The Morgan fingerprint density at radius 1 is 1.13 bits per heavy atom. The number of hydrogen-bond donors (Lipinski definition) is 0. The molecule has 0 aliphatic carbocycles. The molecule has 90 valence electrons. The monoisotopic (exact) mass is 216 g/mol. The Kier molecular flexibility index (Phi) is 9.59. The van der Waals surface area contributed by atoms with Crippen molar-refractivity contribution in [1.29, 1.82) is 0 Å². The molecule has 0 rings (SSSR count). The van der Waals surface area contributed by atoms with Crippen molar-refractivity contribution in [2.24, 2.45) is 5.92 Å². The Bertz CT molecular complexity index is 157. The molecule has 0 saturated heterocycles. The van der Waals surface area contributed by atoms with Crippen LogP contribution in [0.3, 0.4) is 0 Å². The van der Waals surface area contributed by atoms with E-state index < -0.39 is 0 Å². The molecule has 0 unspecified atom stereocenters. The van der Waals surface area contributed by atoms with Crippen LogP contribution in [0.5, 0.6) is 0 Å². The van der Waals surface area contributed by atoms with Gasteiger partial charge >= 0.3 is 5.97 Å². The van der Waals surface area contributed by atoms with Crippen LogP contribution < -0.4 is 0 Å². The second kappa shape index (κ2) is 9.97. The highest BCUT2D eigenvalue weighted by Crippen LogP contribution is 2.14. The normalized spacial score (nSPS) is 12.5. The molecule has 3 heteroatoms. The van der Waals surface area contributed by atoms with Gasteiger partial charge in [-0.3, -0.25) is 4.89 Å². The molecule has 1 atom stereocenters. The summed E-state index contributed by atoms with van der Waals surface area (Å²) < 4.78 is 0. The van der Waals surface area contributed by atoms with E-state index in [4.69, 9.17) is 9.78 Å². The van der Waals surface area contributed by atoms with E-state index in [1.165, 1.54) is 0 Å². The maximum Gasteiger partial charge on any atom is 0.345 e. The van der Waals surface area contributed by atoms with Crippen LogP contribution in [0.1, 0.15) is 59.3 Å². The maximum atomic E-state index is 11.5. The van der Waals surface area contributed by atoms with Crippen molar-refractivity contribution in [3.8, 4) is 0 Å². The first-order valence-corrected chi connectivity index (χ1v) is 6.09. The summed E-state index contributed by atoms with van der Waals surface area (Å²) in [4.78, 5) is 21.1. The van der Waals surface area contributed by atoms with Crippen LogP contribution in [-0.4, -0.2) is 12.6 Å². The van der Waals surface area contributed by atoms with E-state index in [-0.39, 0.29) is 11.9 Å². The molecule has 0 aromatic carbocycles. The Hall–Kier alpha value is -0.570. The third-order valence-electron chi connectivity index (χ3n) is 2.45. The zero-order valence-corrected chi connectivity index (χ0v) is 10.3. The highest BCUT2D eigenvalue weighted by molar-refractivity contribution is 5.71. The molecule has 0 spiro atoms. The lowest BCUT2D eigenvalue weighted by Gasteiger charge is -2.11. The van der Waals surface area contributed by atoms with Crippen molar-refractivity contribution in [1.82, 2.24) is 0 Å². The molecule has 0 heterocycles. The van der Waals surface area contributed by atoms with Gasteiger partial charge in [0, 0.05) is 0 Å². The highest BCUT2D eigenvalue weighted by Gasteiger charge is 2.18. The summed E-state index contributed by atoms with van der Waals surface area (Å²) in [5, 5.41) is 0. The number of rotatable bonds is 9. The standard InChI is InChI=1S/C12H24O3/c1-4-7-9-11(6-3)12(13)15-14-10-8-5-2/h11H,4-10H2,1-3H3/t11-/m0/s1. The summed E-state index contributed by atoms with van der Waals surface area (Å²) in [7, 11) is 0. The third-order valence-corrected chi connectivity index (χ3v) is 2.45. The molecule has 0 N–H and O–H groups in total. The Morgan fingerprint density at radius 3 is 2.33 bits per heavy atom. The van der Waals surface area contributed by atoms with Crippen LogP contribution in [-0.2, 0) is 14.6 Å². The lowest BCUT2D eigenvalue weighted by atomic mass is 10.00. The Balaban J connectivity index is 3.63. The molecule has 0 aromatic heterocycles. The van der Waals surface area contributed by atoms with Gasteiger partial charge in [-0.1, -0.05) is 40.0 Å². The van der Waals surface area contributed by atoms with Gasteiger partial charge in [0.15, 0.2) is 0 Å². The van der Waals surface area contributed by atoms with Crippen molar-refractivity contribution in [2.75, 3.05) is 6.61 Å². The van der Waals surface area contributed by atoms with Crippen molar-refractivity contribution < 1.29 is 14.6 Å². The van der Waals surface area contributed by atoms with Gasteiger partial charge in [-0.25, -0.2) is 4.79 Å². The molecule has 0 radical (unpaired) electrons. The summed E-state index contributed by atoms with van der Waals surface area (Å²) in [6.45, 7) is 6.71. The lowest BCUT2D eigenvalue weighted by molar-refractivity contribution is -0.276. The van der Waals surface area contributed by atoms with E-state index in [2.05, 4.69) is 13.8 Å². The van der Waals surface area contributed by atoms with E-state index in [1.54, 1.807) is 0 Å². The number of hydrogen-bond acceptors (Lipinski definition) is 3. The SMILES string of the molecule is CCCCOOC(=O)[C@@H](CC)CCCC. The molecule has 0 aromatic rings. The largest absolute Gasteiger partial charge is 0.345 e. The van der Waals surface area contributed by atoms with Crippen LogP contribution in [0.4, 0.5) is 0 Å². The fraction of sp³-hybridized carbons (Fsp3) is 0.917. The van der Waals surface area contributed by atoms with Crippen molar-refractivity contribution in [3.05, 3.63) is 0 Å². The molecule has 15 heavy (non-hydrogen) atoms. The molecule has 3 nitrogen and oxygen atoms in total. The first kappa shape index (κ1) is 14.4. The summed E-state index contributed by atoms with van der Waals surface area (Å²) in [6, 6.07) is 0. The van der Waals surface area contributed by atoms with Gasteiger partial charge in [0.25, 0.3) is 0 Å². The Morgan fingerprint density at radius 2 is 1.80 bits per heavy atom. The van der Waals surface area contributed by atoms with Gasteiger partial charge in [0.05, 0.1) is 12.5 Å². The van der Waals surface area contributed by atoms with Crippen LogP contribution in [0.15, 0.2) is 0 Å². The molecular formula is C12H24O3. The number of unbranched alkanes of at least 4 members (excludes halogenated alkanes) is 2. The fourth-order valence-corrected chi connectivity index (χ4v) is 1.31. The lowest BCUT2D eigenvalue weighted by Crippen LogP contribution is -2.17. The molecule has 0 amide bonds.